The number of carbonyl (C=O) groups is 1. The lowest BCUT2D eigenvalue weighted by molar-refractivity contribution is 0.118. The zero-order chi connectivity index (χ0) is 11.1. The van der Waals surface area contributed by atoms with Crippen molar-refractivity contribution in [2.24, 2.45) is 0 Å². The Kier molecular flexibility index (Phi) is 5.91. The topological polar surface area (TPSA) is 29.5 Å². The standard InChI is InChI=1S/C11H21NO2S/c1-3-14-11(13)12(15-4-2)10-8-6-5-7-9-10/h10H,3-9H2,1-2H3. The molecule has 0 radical (unpaired) electrons. The molecule has 0 N–H and O–H groups in total. The van der Waals surface area contributed by atoms with Crippen LogP contribution in [0.25, 0.3) is 0 Å². The highest BCUT2D eigenvalue weighted by atomic mass is 32.2. The van der Waals surface area contributed by atoms with Crippen molar-refractivity contribution in [2.45, 2.75) is 52.0 Å². The molecule has 0 aromatic carbocycles. The minimum absolute atomic E-state index is 0.156. The molecule has 0 aromatic rings. The zero-order valence-electron chi connectivity index (χ0n) is 9.70. The van der Waals surface area contributed by atoms with Gasteiger partial charge in [0.1, 0.15) is 0 Å². The first kappa shape index (κ1) is 12.7. The summed E-state index contributed by atoms with van der Waals surface area (Å²) in [4.78, 5) is 11.7. The average molecular weight is 231 g/mol. The lowest BCUT2D eigenvalue weighted by Gasteiger charge is -2.31. The minimum atomic E-state index is -0.156. The highest BCUT2D eigenvalue weighted by Gasteiger charge is 2.26. The Morgan fingerprint density at radius 2 is 2.00 bits per heavy atom. The van der Waals surface area contributed by atoms with Gasteiger partial charge >= 0.3 is 6.09 Å². The van der Waals surface area contributed by atoms with Gasteiger partial charge in [0, 0.05) is 11.8 Å². The molecule has 0 saturated heterocycles. The van der Waals surface area contributed by atoms with Crippen molar-refractivity contribution in [1.82, 2.24) is 4.31 Å². The normalized spacial score (nSPS) is 17.5. The number of amides is 1. The summed E-state index contributed by atoms with van der Waals surface area (Å²) in [5, 5.41) is 0. The van der Waals surface area contributed by atoms with Crippen LogP contribution in [0.4, 0.5) is 4.79 Å². The molecule has 0 aromatic heterocycles. The zero-order valence-corrected chi connectivity index (χ0v) is 10.5. The molecule has 1 rings (SSSR count). The van der Waals surface area contributed by atoms with Gasteiger partial charge in [0.25, 0.3) is 0 Å². The Bertz CT molecular complexity index is 193. The Labute approximate surface area is 96.7 Å². The van der Waals surface area contributed by atoms with Gasteiger partial charge in [-0.1, -0.05) is 26.2 Å². The molecule has 3 nitrogen and oxygen atoms in total. The van der Waals surface area contributed by atoms with E-state index in [2.05, 4.69) is 6.92 Å². The van der Waals surface area contributed by atoms with Crippen molar-refractivity contribution in [3.8, 4) is 0 Å². The first-order chi connectivity index (χ1) is 7.29. The summed E-state index contributed by atoms with van der Waals surface area (Å²) in [5.41, 5.74) is 0. The van der Waals surface area contributed by atoms with Crippen LogP contribution in [0.15, 0.2) is 0 Å². The van der Waals surface area contributed by atoms with E-state index in [4.69, 9.17) is 4.74 Å². The Morgan fingerprint density at radius 1 is 1.33 bits per heavy atom. The highest BCUT2D eigenvalue weighted by molar-refractivity contribution is 7.97. The van der Waals surface area contributed by atoms with E-state index in [1.54, 1.807) is 11.9 Å². The lowest BCUT2D eigenvalue weighted by Crippen LogP contribution is -2.37. The maximum absolute atomic E-state index is 11.7. The van der Waals surface area contributed by atoms with E-state index in [-0.39, 0.29) is 6.09 Å². The SMILES string of the molecule is CCOC(=O)N(SCC)C1CCCCC1. The van der Waals surface area contributed by atoms with E-state index in [1.165, 1.54) is 19.3 Å². The van der Waals surface area contributed by atoms with Crippen molar-refractivity contribution in [3.05, 3.63) is 0 Å². The number of hydrogen-bond donors (Lipinski definition) is 0. The van der Waals surface area contributed by atoms with Crippen LogP contribution in [-0.2, 0) is 4.74 Å². The molecule has 4 heteroatoms. The largest absolute Gasteiger partial charge is 0.449 e. The molecule has 0 unspecified atom stereocenters. The number of ether oxygens (including phenoxy) is 1. The van der Waals surface area contributed by atoms with Gasteiger partial charge in [0.2, 0.25) is 0 Å². The van der Waals surface area contributed by atoms with Gasteiger partial charge in [-0.2, -0.15) is 0 Å². The third kappa shape index (κ3) is 3.93. The fourth-order valence-electron chi connectivity index (χ4n) is 1.95. The summed E-state index contributed by atoms with van der Waals surface area (Å²) < 4.78 is 6.93. The van der Waals surface area contributed by atoms with Crippen LogP contribution in [0.3, 0.4) is 0 Å². The van der Waals surface area contributed by atoms with E-state index in [0.29, 0.717) is 12.6 Å². The second kappa shape index (κ2) is 6.99. The van der Waals surface area contributed by atoms with Crippen LogP contribution in [0.2, 0.25) is 0 Å². The fraction of sp³-hybridized carbons (Fsp3) is 0.909. The number of carbonyl (C=O) groups excluding carboxylic acids is 1. The molecular weight excluding hydrogens is 210 g/mol. The average Bonchev–Trinajstić information content (AvgIpc) is 2.27. The van der Waals surface area contributed by atoms with Crippen LogP contribution in [0, 0.1) is 0 Å². The van der Waals surface area contributed by atoms with E-state index < -0.39 is 0 Å². The van der Waals surface area contributed by atoms with Crippen molar-refractivity contribution in [3.63, 3.8) is 0 Å². The van der Waals surface area contributed by atoms with Gasteiger partial charge < -0.3 is 4.74 Å². The summed E-state index contributed by atoms with van der Waals surface area (Å²) in [7, 11) is 0. The first-order valence-electron chi connectivity index (χ1n) is 5.88. The Hall–Kier alpha value is -0.380. The second-order valence-corrected chi connectivity index (χ2v) is 4.96. The van der Waals surface area contributed by atoms with Crippen molar-refractivity contribution >= 4 is 18.0 Å². The monoisotopic (exact) mass is 231 g/mol. The molecule has 1 amide bonds. The van der Waals surface area contributed by atoms with E-state index in [9.17, 15) is 4.79 Å². The molecule has 0 spiro atoms. The predicted molar refractivity (Wildman–Crippen MR) is 63.9 cm³/mol. The molecule has 1 saturated carbocycles. The minimum Gasteiger partial charge on any atom is -0.449 e. The van der Waals surface area contributed by atoms with Crippen LogP contribution >= 0.6 is 11.9 Å². The lowest BCUT2D eigenvalue weighted by atomic mass is 9.96. The van der Waals surface area contributed by atoms with Crippen LogP contribution in [-0.4, -0.2) is 28.8 Å². The van der Waals surface area contributed by atoms with Gasteiger partial charge in [-0.3, -0.25) is 0 Å². The molecule has 1 fully saturated rings. The quantitative estimate of drug-likeness (QED) is 0.694. The highest BCUT2D eigenvalue weighted by Crippen LogP contribution is 2.27. The van der Waals surface area contributed by atoms with Gasteiger partial charge in [0.05, 0.1) is 6.61 Å². The predicted octanol–water partition coefficient (Wildman–Crippen LogP) is 3.45. The van der Waals surface area contributed by atoms with Crippen molar-refractivity contribution in [2.75, 3.05) is 12.4 Å². The van der Waals surface area contributed by atoms with Gasteiger partial charge in [0.15, 0.2) is 0 Å². The fourth-order valence-corrected chi connectivity index (χ4v) is 2.81. The summed E-state index contributed by atoms with van der Waals surface area (Å²) in [6, 6.07) is 0.391. The van der Waals surface area contributed by atoms with Gasteiger partial charge in [-0.25, -0.2) is 9.10 Å². The number of rotatable bonds is 4. The third-order valence-corrected chi connectivity index (χ3v) is 3.61. The number of nitrogens with zero attached hydrogens (tertiary/aromatic N) is 1. The molecule has 0 aliphatic heterocycles. The van der Waals surface area contributed by atoms with E-state index in [0.717, 1.165) is 18.6 Å². The van der Waals surface area contributed by atoms with Gasteiger partial charge in [-0.15, -0.1) is 0 Å². The van der Waals surface area contributed by atoms with Crippen LogP contribution < -0.4 is 0 Å². The molecule has 1 aliphatic rings. The molecule has 0 bridgehead atoms. The molecule has 0 atom stereocenters. The Morgan fingerprint density at radius 3 is 2.53 bits per heavy atom. The van der Waals surface area contributed by atoms with Crippen LogP contribution in [0.5, 0.6) is 0 Å². The second-order valence-electron chi connectivity index (χ2n) is 3.73. The summed E-state index contributed by atoms with van der Waals surface area (Å²) in [5.74, 6) is 0.926. The molecule has 88 valence electrons. The van der Waals surface area contributed by atoms with E-state index in [1.807, 2.05) is 11.2 Å². The summed E-state index contributed by atoms with van der Waals surface area (Å²) in [6.45, 7) is 4.39. The molecule has 1 aliphatic carbocycles. The summed E-state index contributed by atoms with van der Waals surface area (Å²) >= 11 is 1.59. The van der Waals surface area contributed by atoms with E-state index >= 15 is 0 Å². The molecular formula is C11H21NO2S. The van der Waals surface area contributed by atoms with Gasteiger partial charge in [-0.05, 0) is 31.7 Å². The first-order valence-corrected chi connectivity index (χ1v) is 6.82. The summed E-state index contributed by atoms with van der Waals surface area (Å²) in [6.07, 6.45) is 5.90. The Balaban J connectivity index is 2.50. The smallest absolute Gasteiger partial charge is 0.420 e. The molecule has 15 heavy (non-hydrogen) atoms. The molecule has 0 heterocycles. The van der Waals surface area contributed by atoms with Crippen molar-refractivity contribution in [1.29, 1.82) is 0 Å². The maximum Gasteiger partial charge on any atom is 0.420 e. The van der Waals surface area contributed by atoms with Crippen LogP contribution in [0.1, 0.15) is 46.0 Å². The third-order valence-electron chi connectivity index (χ3n) is 2.62. The number of hydrogen-bond acceptors (Lipinski definition) is 3. The van der Waals surface area contributed by atoms with Crippen molar-refractivity contribution < 1.29 is 9.53 Å². The maximum atomic E-state index is 11.7.